The number of halogens is 2. The summed E-state index contributed by atoms with van der Waals surface area (Å²) < 4.78 is 6.51. The zero-order valence-electron chi connectivity index (χ0n) is 7.59. The molecular weight excluding hydrogens is 265 g/mol. The standard InChI is InChI=1S/C10H11BrClNO/c11-7-3-8-6(5-13)1-2-14-10(8)9(12)4-7/h3-4,6H,1-2,5,13H2. The van der Waals surface area contributed by atoms with Gasteiger partial charge in [0, 0.05) is 16.0 Å². The summed E-state index contributed by atoms with van der Waals surface area (Å²) in [7, 11) is 0. The number of hydrogen-bond acceptors (Lipinski definition) is 2. The van der Waals surface area contributed by atoms with Crippen LogP contribution < -0.4 is 10.5 Å². The van der Waals surface area contributed by atoms with Crippen LogP contribution in [-0.4, -0.2) is 13.2 Å². The highest BCUT2D eigenvalue weighted by atomic mass is 79.9. The molecule has 0 spiro atoms. The van der Waals surface area contributed by atoms with Crippen molar-refractivity contribution in [1.29, 1.82) is 0 Å². The normalized spacial score (nSPS) is 20.1. The highest BCUT2D eigenvalue weighted by Crippen LogP contribution is 2.40. The molecule has 14 heavy (non-hydrogen) atoms. The first-order valence-electron chi connectivity index (χ1n) is 4.54. The molecule has 1 aliphatic rings. The lowest BCUT2D eigenvalue weighted by molar-refractivity contribution is 0.269. The summed E-state index contributed by atoms with van der Waals surface area (Å²) >= 11 is 9.49. The summed E-state index contributed by atoms with van der Waals surface area (Å²) in [6, 6.07) is 3.89. The van der Waals surface area contributed by atoms with Crippen LogP contribution in [0.1, 0.15) is 17.9 Å². The number of ether oxygens (including phenoxy) is 1. The maximum atomic E-state index is 6.07. The van der Waals surface area contributed by atoms with Gasteiger partial charge in [-0.2, -0.15) is 0 Å². The first-order valence-corrected chi connectivity index (χ1v) is 5.71. The van der Waals surface area contributed by atoms with Gasteiger partial charge in [0.05, 0.1) is 11.6 Å². The third-order valence-electron chi connectivity index (χ3n) is 2.47. The molecule has 0 saturated heterocycles. The van der Waals surface area contributed by atoms with E-state index in [4.69, 9.17) is 22.1 Å². The molecule has 0 radical (unpaired) electrons. The van der Waals surface area contributed by atoms with E-state index in [1.807, 2.05) is 12.1 Å². The van der Waals surface area contributed by atoms with Crippen LogP contribution in [0.4, 0.5) is 0 Å². The van der Waals surface area contributed by atoms with Crippen molar-refractivity contribution in [3.63, 3.8) is 0 Å². The molecule has 2 N–H and O–H groups in total. The lowest BCUT2D eigenvalue weighted by atomic mass is 9.93. The van der Waals surface area contributed by atoms with E-state index in [1.54, 1.807) is 0 Å². The van der Waals surface area contributed by atoms with Crippen LogP contribution in [-0.2, 0) is 0 Å². The van der Waals surface area contributed by atoms with E-state index in [2.05, 4.69) is 15.9 Å². The maximum Gasteiger partial charge on any atom is 0.141 e. The predicted molar refractivity (Wildman–Crippen MR) is 61.1 cm³/mol. The second-order valence-electron chi connectivity index (χ2n) is 3.38. The molecule has 0 fully saturated rings. The van der Waals surface area contributed by atoms with Gasteiger partial charge >= 0.3 is 0 Å². The first kappa shape index (κ1) is 10.3. The molecule has 1 aliphatic heterocycles. The van der Waals surface area contributed by atoms with Gasteiger partial charge in [-0.15, -0.1) is 0 Å². The molecule has 1 aromatic rings. The summed E-state index contributed by atoms with van der Waals surface area (Å²) in [4.78, 5) is 0. The quantitative estimate of drug-likeness (QED) is 0.856. The Morgan fingerprint density at radius 1 is 1.57 bits per heavy atom. The summed E-state index contributed by atoms with van der Waals surface area (Å²) in [6.45, 7) is 1.35. The molecule has 0 aromatic heterocycles. The summed E-state index contributed by atoms with van der Waals surface area (Å²) in [6.07, 6.45) is 0.969. The predicted octanol–water partition coefficient (Wildman–Crippen LogP) is 2.93. The van der Waals surface area contributed by atoms with Gasteiger partial charge in [-0.25, -0.2) is 0 Å². The van der Waals surface area contributed by atoms with E-state index in [9.17, 15) is 0 Å². The van der Waals surface area contributed by atoms with Crippen LogP contribution in [0, 0.1) is 0 Å². The molecule has 1 unspecified atom stereocenters. The third-order valence-corrected chi connectivity index (χ3v) is 3.21. The van der Waals surface area contributed by atoms with Gasteiger partial charge in [0.25, 0.3) is 0 Å². The summed E-state index contributed by atoms with van der Waals surface area (Å²) in [5.74, 6) is 1.17. The SMILES string of the molecule is NCC1CCOc2c(Cl)cc(Br)cc21. The van der Waals surface area contributed by atoms with Crippen LogP contribution in [0.25, 0.3) is 0 Å². The van der Waals surface area contributed by atoms with Gasteiger partial charge in [-0.1, -0.05) is 27.5 Å². The van der Waals surface area contributed by atoms with Gasteiger partial charge in [-0.3, -0.25) is 0 Å². The Hall–Kier alpha value is -0.250. The molecule has 2 rings (SSSR count). The fourth-order valence-corrected chi connectivity index (χ4v) is 2.63. The Balaban J connectivity index is 2.51. The van der Waals surface area contributed by atoms with E-state index in [1.165, 1.54) is 0 Å². The molecule has 2 nitrogen and oxygen atoms in total. The van der Waals surface area contributed by atoms with Crippen molar-refractivity contribution in [2.24, 2.45) is 5.73 Å². The molecule has 0 saturated carbocycles. The minimum atomic E-state index is 0.369. The largest absolute Gasteiger partial charge is 0.492 e. The smallest absolute Gasteiger partial charge is 0.141 e. The Bertz CT molecular complexity index is 356. The number of benzene rings is 1. The fourth-order valence-electron chi connectivity index (χ4n) is 1.74. The van der Waals surface area contributed by atoms with Gasteiger partial charge in [-0.05, 0) is 25.1 Å². The zero-order chi connectivity index (χ0) is 10.1. The van der Waals surface area contributed by atoms with E-state index in [-0.39, 0.29) is 0 Å². The Morgan fingerprint density at radius 3 is 3.07 bits per heavy atom. The van der Waals surface area contributed by atoms with Crippen LogP contribution in [0.5, 0.6) is 5.75 Å². The molecular formula is C10H11BrClNO. The lowest BCUT2D eigenvalue weighted by Gasteiger charge is -2.25. The van der Waals surface area contributed by atoms with Gasteiger partial charge in [0.15, 0.2) is 0 Å². The molecule has 0 bridgehead atoms. The van der Waals surface area contributed by atoms with Crippen LogP contribution in [0.2, 0.25) is 5.02 Å². The number of nitrogens with two attached hydrogens (primary N) is 1. The molecule has 0 amide bonds. The number of rotatable bonds is 1. The number of fused-ring (bicyclic) bond motifs is 1. The average molecular weight is 277 g/mol. The van der Waals surface area contributed by atoms with E-state index < -0.39 is 0 Å². The highest BCUT2D eigenvalue weighted by Gasteiger charge is 2.22. The second-order valence-corrected chi connectivity index (χ2v) is 4.70. The lowest BCUT2D eigenvalue weighted by Crippen LogP contribution is -2.21. The second kappa shape index (κ2) is 4.09. The average Bonchev–Trinajstić information content (AvgIpc) is 2.17. The molecule has 4 heteroatoms. The van der Waals surface area contributed by atoms with Crippen LogP contribution in [0.3, 0.4) is 0 Å². The number of hydrogen-bond donors (Lipinski definition) is 1. The fraction of sp³-hybridized carbons (Fsp3) is 0.400. The zero-order valence-corrected chi connectivity index (χ0v) is 9.94. The Kier molecular flexibility index (Phi) is 3.00. The van der Waals surface area contributed by atoms with Crippen LogP contribution >= 0.6 is 27.5 Å². The summed E-state index contributed by atoms with van der Waals surface area (Å²) in [5.41, 5.74) is 6.83. The summed E-state index contributed by atoms with van der Waals surface area (Å²) in [5, 5.41) is 0.660. The Morgan fingerprint density at radius 2 is 2.36 bits per heavy atom. The maximum absolute atomic E-state index is 6.07. The van der Waals surface area contributed by atoms with E-state index in [0.29, 0.717) is 24.1 Å². The van der Waals surface area contributed by atoms with Crippen molar-refractivity contribution in [2.45, 2.75) is 12.3 Å². The van der Waals surface area contributed by atoms with E-state index >= 15 is 0 Å². The minimum Gasteiger partial charge on any atom is -0.492 e. The third kappa shape index (κ3) is 1.76. The monoisotopic (exact) mass is 275 g/mol. The molecule has 76 valence electrons. The van der Waals surface area contributed by atoms with Gasteiger partial charge in [0.1, 0.15) is 5.75 Å². The molecule has 0 aliphatic carbocycles. The van der Waals surface area contributed by atoms with Crippen molar-refractivity contribution < 1.29 is 4.74 Å². The highest BCUT2D eigenvalue weighted by molar-refractivity contribution is 9.10. The van der Waals surface area contributed by atoms with Crippen molar-refractivity contribution in [1.82, 2.24) is 0 Å². The van der Waals surface area contributed by atoms with Gasteiger partial charge < -0.3 is 10.5 Å². The van der Waals surface area contributed by atoms with Gasteiger partial charge in [0.2, 0.25) is 0 Å². The topological polar surface area (TPSA) is 35.2 Å². The first-order chi connectivity index (χ1) is 6.72. The Labute approximate surface area is 96.5 Å². The van der Waals surface area contributed by atoms with Crippen LogP contribution in [0.15, 0.2) is 16.6 Å². The van der Waals surface area contributed by atoms with Crippen molar-refractivity contribution >= 4 is 27.5 Å². The molecule has 1 aromatic carbocycles. The minimum absolute atomic E-state index is 0.369. The molecule has 1 atom stereocenters. The van der Waals surface area contributed by atoms with Crippen molar-refractivity contribution in [3.05, 3.63) is 27.2 Å². The van der Waals surface area contributed by atoms with E-state index in [0.717, 1.165) is 22.2 Å². The molecule has 1 heterocycles. The van der Waals surface area contributed by atoms with Crippen molar-refractivity contribution in [2.75, 3.05) is 13.2 Å². The van der Waals surface area contributed by atoms with Crippen molar-refractivity contribution in [3.8, 4) is 5.75 Å².